The van der Waals surface area contributed by atoms with Gasteiger partial charge in [0.2, 0.25) is 0 Å². The molecule has 0 radical (unpaired) electrons. The molecule has 0 aliphatic heterocycles. The van der Waals surface area contributed by atoms with Gasteiger partial charge in [-0.2, -0.15) is 0 Å². The van der Waals surface area contributed by atoms with Crippen molar-refractivity contribution < 1.29 is 5.11 Å². The van der Waals surface area contributed by atoms with Crippen LogP contribution in [-0.2, 0) is 6.54 Å². The van der Waals surface area contributed by atoms with Gasteiger partial charge in [0.05, 0.1) is 6.61 Å². The highest BCUT2D eigenvalue weighted by Crippen LogP contribution is 2.20. The van der Waals surface area contributed by atoms with Gasteiger partial charge >= 0.3 is 0 Å². The molecule has 0 saturated heterocycles. The smallest absolute Gasteiger partial charge is 0.122 e. The average Bonchev–Trinajstić information content (AvgIpc) is 2.55. The van der Waals surface area contributed by atoms with Gasteiger partial charge in [0, 0.05) is 23.3 Å². The number of aryl methyl sites for hydroxylation is 1. The Balaban J connectivity index is 2.64. The van der Waals surface area contributed by atoms with Gasteiger partial charge < -0.3 is 15.4 Å². The first kappa shape index (κ1) is 10.7. The summed E-state index contributed by atoms with van der Waals surface area (Å²) >= 11 is 0. The Morgan fingerprint density at radius 1 is 1.44 bits per heavy atom. The zero-order valence-electron chi connectivity index (χ0n) is 9.20. The second-order valence-electron chi connectivity index (χ2n) is 3.85. The number of aromatic nitrogens is 1. The van der Waals surface area contributed by atoms with E-state index in [1.807, 2.05) is 29.7 Å². The molecule has 0 spiro atoms. The van der Waals surface area contributed by atoms with Gasteiger partial charge in [-0.3, -0.25) is 5.41 Å². The fourth-order valence-electron chi connectivity index (χ4n) is 1.96. The number of rotatable bonds is 3. The summed E-state index contributed by atoms with van der Waals surface area (Å²) < 4.78 is 2.03. The predicted octanol–water partition coefficient (Wildman–Crippen LogP) is 1.23. The molecular weight excluding hydrogens is 202 g/mol. The number of hydrogen-bond acceptors (Lipinski definition) is 2. The monoisotopic (exact) mass is 217 g/mol. The van der Waals surface area contributed by atoms with Crippen LogP contribution in [0.25, 0.3) is 10.9 Å². The SMILES string of the molecule is Cc1cc2ccc(C(=N)N)cc2n1CCO. The number of amidine groups is 1. The van der Waals surface area contributed by atoms with E-state index in [-0.39, 0.29) is 12.4 Å². The number of nitrogen functional groups attached to an aromatic ring is 1. The van der Waals surface area contributed by atoms with Crippen molar-refractivity contribution in [2.75, 3.05) is 6.61 Å². The van der Waals surface area contributed by atoms with E-state index >= 15 is 0 Å². The molecule has 0 fully saturated rings. The Labute approximate surface area is 93.8 Å². The van der Waals surface area contributed by atoms with Crippen molar-refractivity contribution in [2.45, 2.75) is 13.5 Å². The summed E-state index contributed by atoms with van der Waals surface area (Å²) in [4.78, 5) is 0. The van der Waals surface area contributed by atoms with Crippen LogP contribution < -0.4 is 5.73 Å². The second-order valence-corrected chi connectivity index (χ2v) is 3.85. The first-order valence-corrected chi connectivity index (χ1v) is 5.18. The van der Waals surface area contributed by atoms with Crippen molar-refractivity contribution in [3.05, 3.63) is 35.5 Å². The lowest BCUT2D eigenvalue weighted by molar-refractivity contribution is 0.277. The van der Waals surface area contributed by atoms with Gasteiger partial charge in [-0.05, 0) is 24.4 Å². The van der Waals surface area contributed by atoms with Gasteiger partial charge in [-0.1, -0.05) is 12.1 Å². The molecular formula is C12H15N3O. The van der Waals surface area contributed by atoms with Crippen LogP contribution >= 0.6 is 0 Å². The van der Waals surface area contributed by atoms with Gasteiger partial charge in [0.1, 0.15) is 5.84 Å². The molecule has 2 rings (SSSR count). The third-order valence-corrected chi connectivity index (χ3v) is 2.75. The fourth-order valence-corrected chi connectivity index (χ4v) is 1.96. The lowest BCUT2D eigenvalue weighted by atomic mass is 10.1. The summed E-state index contributed by atoms with van der Waals surface area (Å²) in [5.74, 6) is 0.0660. The number of nitrogens with two attached hydrogens (primary N) is 1. The molecule has 0 saturated carbocycles. The molecule has 4 heteroatoms. The molecule has 0 aliphatic carbocycles. The standard InChI is InChI=1S/C12H15N3O/c1-8-6-9-2-3-10(12(13)14)7-11(9)15(8)4-5-16/h2-3,6-7,16H,4-5H2,1H3,(H3,13,14). The number of hydrogen-bond donors (Lipinski definition) is 3. The first-order chi connectivity index (χ1) is 7.63. The highest BCUT2D eigenvalue weighted by Gasteiger charge is 2.06. The summed E-state index contributed by atoms with van der Waals surface area (Å²) in [6, 6.07) is 7.75. The minimum Gasteiger partial charge on any atom is -0.395 e. The molecule has 0 bridgehead atoms. The van der Waals surface area contributed by atoms with Crippen molar-refractivity contribution >= 4 is 16.7 Å². The molecule has 0 aliphatic rings. The third kappa shape index (κ3) is 1.67. The zero-order valence-corrected chi connectivity index (χ0v) is 9.20. The van der Waals surface area contributed by atoms with E-state index < -0.39 is 0 Å². The first-order valence-electron chi connectivity index (χ1n) is 5.18. The number of aliphatic hydroxyl groups is 1. The minimum atomic E-state index is 0.0660. The Kier molecular flexibility index (Phi) is 2.66. The van der Waals surface area contributed by atoms with E-state index in [0.29, 0.717) is 12.1 Å². The number of benzene rings is 1. The van der Waals surface area contributed by atoms with Crippen LogP contribution in [0.15, 0.2) is 24.3 Å². The van der Waals surface area contributed by atoms with Gasteiger partial charge in [0.25, 0.3) is 0 Å². The summed E-state index contributed by atoms with van der Waals surface area (Å²) in [5, 5.41) is 17.5. The Hall–Kier alpha value is -1.81. The van der Waals surface area contributed by atoms with Crippen LogP contribution in [-0.4, -0.2) is 22.1 Å². The van der Waals surface area contributed by atoms with Gasteiger partial charge in [0.15, 0.2) is 0 Å². The quantitative estimate of drug-likeness (QED) is 0.534. The van der Waals surface area contributed by atoms with Crippen molar-refractivity contribution in [2.24, 2.45) is 5.73 Å². The Morgan fingerprint density at radius 2 is 2.19 bits per heavy atom. The summed E-state index contributed by atoms with van der Waals surface area (Å²) in [5.41, 5.74) is 8.29. The normalized spacial score (nSPS) is 10.9. The van der Waals surface area contributed by atoms with E-state index in [0.717, 1.165) is 16.6 Å². The topological polar surface area (TPSA) is 75.0 Å². The Morgan fingerprint density at radius 3 is 2.81 bits per heavy atom. The minimum absolute atomic E-state index is 0.0660. The van der Waals surface area contributed by atoms with Gasteiger partial charge in [-0.15, -0.1) is 0 Å². The molecule has 1 aromatic heterocycles. The molecule has 4 nitrogen and oxygen atoms in total. The largest absolute Gasteiger partial charge is 0.395 e. The van der Waals surface area contributed by atoms with E-state index in [1.165, 1.54) is 0 Å². The number of nitrogens with one attached hydrogen (secondary N) is 1. The van der Waals surface area contributed by atoms with Crippen LogP contribution in [0.5, 0.6) is 0 Å². The molecule has 0 atom stereocenters. The average molecular weight is 217 g/mol. The number of aliphatic hydroxyl groups excluding tert-OH is 1. The maximum absolute atomic E-state index is 9.01. The molecule has 1 heterocycles. The van der Waals surface area contributed by atoms with E-state index in [4.69, 9.17) is 16.2 Å². The highest BCUT2D eigenvalue weighted by atomic mass is 16.3. The van der Waals surface area contributed by atoms with Crippen molar-refractivity contribution in [3.63, 3.8) is 0 Å². The predicted molar refractivity (Wildman–Crippen MR) is 64.8 cm³/mol. The Bertz CT molecular complexity index is 542. The molecule has 0 amide bonds. The van der Waals surface area contributed by atoms with E-state index in [1.54, 1.807) is 0 Å². The van der Waals surface area contributed by atoms with Gasteiger partial charge in [-0.25, -0.2) is 0 Å². The highest BCUT2D eigenvalue weighted by molar-refractivity contribution is 5.98. The number of nitrogens with zero attached hydrogens (tertiary/aromatic N) is 1. The molecule has 2 aromatic rings. The second kappa shape index (κ2) is 3.98. The molecule has 84 valence electrons. The van der Waals surface area contributed by atoms with Crippen LogP contribution in [0.2, 0.25) is 0 Å². The van der Waals surface area contributed by atoms with Crippen LogP contribution in [0.3, 0.4) is 0 Å². The molecule has 4 N–H and O–H groups in total. The molecule has 16 heavy (non-hydrogen) atoms. The van der Waals surface area contributed by atoms with E-state index in [9.17, 15) is 0 Å². The fraction of sp³-hybridized carbons (Fsp3) is 0.250. The van der Waals surface area contributed by atoms with Crippen LogP contribution in [0, 0.1) is 12.3 Å². The molecule has 0 unspecified atom stereocenters. The number of fused-ring (bicyclic) bond motifs is 1. The van der Waals surface area contributed by atoms with Crippen LogP contribution in [0.1, 0.15) is 11.3 Å². The summed E-state index contributed by atoms with van der Waals surface area (Å²) in [6.45, 7) is 2.68. The lowest BCUT2D eigenvalue weighted by Crippen LogP contribution is -2.11. The molecule has 1 aromatic carbocycles. The van der Waals surface area contributed by atoms with Crippen molar-refractivity contribution in [1.29, 1.82) is 5.41 Å². The maximum atomic E-state index is 9.01. The summed E-state index contributed by atoms with van der Waals surface area (Å²) in [7, 11) is 0. The summed E-state index contributed by atoms with van der Waals surface area (Å²) in [6.07, 6.45) is 0. The van der Waals surface area contributed by atoms with Crippen molar-refractivity contribution in [1.82, 2.24) is 4.57 Å². The van der Waals surface area contributed by atoms with Crippen LogP contribution in [0.4, 0.5) is 0 Å². The van der Waals surface area contributed by atoms with E-state index in [2.05, 4.69) is 6.07 Å². The lowest BCUT2D eigenvalue weighted by Gasteiger charge is -2.06. The third-order valence-electron chi connectivity index (χ3n) is 2.75. The zero-order chi connectivity index (χ0) is 11.7. The van der Waals surface area contributed by atoms with Crippen molar-refractivity contribution in [3.8, 4) is 0 Å². The maximum Gasteiger partial charge on any atom is 0.122 e.